The number of halogens is 1. The first-order valence-electron chi connectivity index (χ1n) is 7.80. The van der Waals surface area contributed by atoms with E-state index in [1.54, 1.807) is 18.2 Å². The number of carbonyl (C=O) groups excluding carboxylic acids is 1. The zero-order valence-corrected chi connectivity index (χ0v) is 13.8. The molecule has 1 fully saturated rings. The van der Waals surface area contributed by atoms with E-state index in [1.807, 2.05) is 19.1 Å². The first-order chi connectivity index (χ1) is 11.1. The summed E-state index contributed by atoms with van der Waals surface area (Å²) in [4.78, 5) is 14.5. The molecule has 0 radical (unpaired) electrons. The van der Waals surface area contributed by atoms with E-state index in [0.717, 1.165) is 24.5 Å². The van der Waals surface area contributed by atoms with Crippen molar-refractivity contribution in [2.75, 3.05) is 23.3 Å². The van der Waals surface area contributed by atoms with Gasteiger partial charge in [0.15, 0.2) is 11.5 Å². The molecular formula is C17H19ClN4O. The third-order valence-corrected chi connectivity index (χ3v) is 4.49. The Hall–Kier alpha value is -2.14. The Balaban J connectivity index is 1.71. The fraction of sp³-hybridized carbons (Fsp3) is 0.353. The van der Waals surface area contributed by atoms with Crippen molar-refractivity contribution in [3.63, 3.8) is 0 Å². The maximum Gasteiger partial charge on any atom is 0.276 e. The molecule has 2 aromatic rings. The number of hydrogen-bond donors (Lipinski definition) is 1. The summed E-state index contributed by atoms with van der Waals surface area (Å²) in [6.45, 7) is 3.87. The van der Waals surface area contributed by atoms with Gasteiger partial charge in [0.2, 0.25) is 0 Å². The lowest BCUT2D eigenvalue weighted by Gasteiger charge is -2.27. The Morgan fingerprint density at radius 2 is 1.91 bits per heavy atom. The van der Waals surface area contributed by atoms with Crippen LogP contribution in [-0.4, -0.2) is 29.2 Å². The Morgan fingerprint density at radius 3 is 2.61 bits per heavy atom. The summed E-state index contributed by atoms with van der Waals surface area (Å²) in [6.07, 6.45) is 3.62. The van der Waals surface area contributed by atoms with E-state index in [2.05, 4.69) is 20.4 Å². The van der Waals surface area contributed by atoms with Crippen molar-refractivity contribution in [3.05, 3.63) is 46.6 Å². The van der Waals surface area contributed by atoms with Crippen molar-refractivity contribution in [3.8, 4) is 0 Å². The summed E-state index contributed by atoms with van der Waals surface area (Å²) in [5.74, 6) is 0.549. The molecule has 1 aliphatic heterocycles. The molecule has 0 bridgehead atoms. The van der Waals surface area contributed by atoms with Crippen LogP contribution in [-0.2, 0) is 0 Å². The first-order valence-corrected chi connectivity index (χ1v) is 8.18. The van der Waals surface area contributed by atoms with E-state index < -0.39 is 0 Å². The average molecular weight is 331 g/mol. The zero-order chi connectivity index (χ0) is 16.2. The van der Waals surface area contributed by atoms with Crippen molar-refractivity contribution in [1.29, 1.82) is 0 Å². The highest BCUT2D eigenvalue weighted by Gasteiger charge is 2.15. The molecule has 6 heteroatoms. The van der Waals surface area contributed by atoms with Gasteiger partial charge in [0, 0.05) is 23.8 Å². The lowest BCUT2D eigenvalue weighted by molar-refractivity contribution is 0.102. The second kappa shape index (κ2) is 6.96. The predicted octanol–water partition coefficient (Wildman–Crippen LogP) is 3.68. The Morgan fingerprint density at radius 1 is 1.13 bits per heavy atom. The van der Waals surface area contributed by atoms with Gasteiger partial charge < -0.3 is 10.2 Å². The van der Waals surface area contributed by atoms with E-state index in [9.17, 15) is 4.79 Å². The fourth-order valence-electron chi connectivity index (χ4n) is 2.67. The lowest BCUT2D eigenvalue weighted by atomic mass is 10.1. The van der Waals surface area contributed by atoms with E-state index in [0.29, 0.717) is 16.4 Å². The molecule has 1 aliphatic rings. The van der Waals surface area contributed by atoms with E-state index in [1.165, 1.54) is 19.3 Å². The monoisotopic (exact) mass is 330 g/mol. The minimum Gasteiger partial charge on any atom is -0.355 e. The van der Waals surface area contributed by atoms with Crippen molar-refractivity contribution < 1.29 is 4.79 Å². The highest BCUT2D eigenvalue weighted by Crippen LogP contribution is 2.23. The van der Waals surface area contributed by atoms with Gasteiger partial charge in [0.25, 0.3) is 5.91 Å². The number of aromatic nitrogens is 2. The van der Waals surface area contributed by atoms with Crippen molar-refractivity contribution in [2.45, 2.75) is 26.2 Å². The zero-order valence-electron chi connectivity index (χ0n) is 13.1. The van der Waals surface area contributed by atoms with Crippen molar-refractivity contribution >= 4 is 29.0 Å². The lowest BCUT2D eigenvalue weighted by Crippen LogP contribution is -2.30. The van der Waals surface area contributed by atoms with Gasteiger partial charge in [-0.25, -0.2) is 0 Å². The largest absolute Gasteiger partial charge is 0.355 e. The summed E-state index contributed by atoms with van der Waals surface area (Å²) >= 11 is 6.07. The first kappa shape index (κ1) is 15.7. The molecule has 1 N–H and O–H groups in total. The quantitative estimate of drug-likeness (QED) is 0.932. The highest BCUT2D eigenvalue weighted by molar-refractivity contribution is 6.31. The van der Waals surface area contributed by atoms with Crippen LogP contribution < -0.4 is 10.2 Å². The average Bonchev–Trinajstić information content (AvgIpc) is 2.60. The van der Waals surface area contributed by atoms with Crippen LogP contribution >= 0.6 is 11.6 Å². The Labute approximate surface area is 140 Å². The van der Waals surface area contributed by atoms with Crippen LogP contribution in [0.4, 0.5) is 11.5 Å². The molecule has 120 valence electrons. The summed E-state index contributed by atoms with van der Waals surface area (Å²) in [7, 11) is 0. The van der Waals surface area contributed by atoms with Crippen LogP contribution in [0, 0.1) is 6.92 Å². The van der Waals surface area contributed by atoms with Gasteiger partial charge >= 0.3 is 0 Å². The van der Waals surface area contributed by atoms with Gasteiger partial charge in [-0.1, -0.05) is 17.7 Å². The third-order valence-electron chi connectivity index (χ3n) is 4.08. The standard InChI is InChI=1S/C17H19ClN4O/c1-12-13(18)6-5-7-14(12)19-17(23)15-8-9-16(21-20-15)22-10-3-2-4-11-22/h5-9H,2-4,10-11H2,1H3,(H,19,23). The molecule has 1 aromatic heterocycles. The number of amides is 1. The maximum atomic E-state index is 12.3. The number of benzene rings is 1. The number of piperidine rings is 1. The fourth-order valence-corrected chi connectivity index (χ4v) is 2.84. The van der Waals surface area contributed by atoms with Gasteiger partial charge in [-0.15, -0.1) is 10.2 Å². The number of anilines is 2. The van der Waals surface area contributed by atoms with Gasteiger partial charge in [-0.3, -0.25) is 4.79 Å². The topological polar surface area (TPSA) is 58.1 Å². The molecule has 0 aliphatic carbocycles. The Kier molecular flexibility index (Phi) is 4.76. The molecule has 0 unspecified atom stereocenters. The second-order valence-corrected chi connectivity index (χ2v) is 6.10. The third kappa shape index (κ3) is 3.62. The summed E-state index contributed by atoms with van der Waals surface area (Å²) in [6, 6.07) is 8.98. The summed E-state index contributed by atoms with van der Waals surface area (Å²) in [5, 5.41) is 11.7. The molecule has 0 spiro atoms. The Bertz CT molecular complexity index is 696. The number of carbonyl (C=O) groups is 1. The number of hydrogen-bond acceptors (Lipinski definition) is 4. The highest BCUT2D eigenvalue weighted by atomic mass is 35.5. The minimum absolute atomic E-state index is 0.284. The van der Waals surface area contributed by atoms with Crippen molar-refractivity contribution in [1.82, 2.24) is 10.2 Å². The van der Waals surface area contributed by atoms with Crippen LogP contribution in [0.5, 0.6) is 0 Å². The van der Waals surface area contributed by atoms with E-state index in [-0.39, 0.29) is 5.91 Å². The van der Waals surface area contributed by atoms with Crippen LogP contribution in [0.15, 0.2) is 30.3 Å². The van der Waals surface area contributed by atoms with Crippen molar-refractivity contribution in [2.24, 2.45) is 0 Å². The van der Waals surface area contributed by atoms with Crippen LogP contribution in [0.1, 0.15) is 35.3 Å². The van der Waals surface area contributed by atoms with Crippen LogP contribution in [0.2, 0.25) is 5.02 Å². The van der Waals surface area contributed by atoms with Gasteiger partial charge in [0.05, 0.1) is 0 Å². The molecule has 3 rings (SSSR count). The van der Waals surface area contributed by atoms with Gasteiger partial charge in [-0.05, 0) is 56.0 Å². The molecule has 0 atom stereocenters. The number of rotatable bonds is 3. The number of nitrogens with one attached hydrogen (secondary N) is 1. The minimum atomic E-state index is -0.284. The molecular weight excluding hydrogens is 312 g/mol. The maximum absolute atomic E-state index is 12.3. The van der Waals surface area contributed by atoms with Crippen LogP contribution in [0.25, 0.3) is 0 Å². The normalized spacial score (nSPS) is 14.6. The molecule has 1 aromatic carbocycles. The molecule has 1 saturated heterocycles. The number of nitrogens with zero attached hydrogens (tertiary/aromatic N) is 3. The molecule has 0 saturated carbocycles. The SMILES string of the molecule is Cc1c(Cl)cccc1NC(=O)c1ccc(N2CCCCC2)nn1. The van der Waals surface area contributed by atoms with Gasteiger partial charge in [0.1, 0.15) is 0 Å². The summed E-state index contributed by atoms with van der Waals surface area (Å²) < 4.78 is 0. The van der Waals surface area contributed by atoms with Gasteiger partial charge in [-0.2, -0.15) is 0 Å². The molecule has 2 heterocycles. The van der Waals surface area contributed by atoms with E-state index >= 15 is 0 Å². The predicted molar refractivity (Wildman–Crippen MR) is 92.2 cm³/mol. The smallest absolute Gasteiger partial charge is 0.276 e. The molecule has 1 amide bonds. The molecule has 5 nitrogen and oxygen atoms in total. The van der Waals surface area contributed by atoms with Crippen LogP contribution in [0.3, 0.4) is 0 Å². The summed E-state index contributed by atoms with van der Waals surface area (Å²) in [5.41, 5.74) is 1.81. The van der Waals surface area contributed by atoms with E-state index in [4.69, 9.17) is 11.6 Å². The second-order valence-electron chi connectivity index (χ2n) is 5.69. The molecule has 23 heavy (non-hydrogen) atoms.